The van der Waals surface area contributed by atoms with Crippen LogP contribution in [0.25, 0.3) is 0 Å². The third-order valence-electron chi connectivity index (χ3n) is 3.50. The largest absolute Gasteiger partial charge is 0.481 e. The first-order valence-corrected chi connectivity index (χ1v) is 6.49. The van der Waals surface area contributed by atoms with Crippen molar-refractivity contribution in [2.75, 3.05) is 20.1 Å². The van der Waals surface area contributed by atoms with Crippen molar-refractivity contribution in [1.29, 1.82) is 0 Å². The van der Waals surface area contributed by atoms with Crippen LogP contribution >= 0.6 is 0 Å². The summed E-state index contributed by atoms with van der Waals surface area (Å²) in [6.07, 6.45) is -1.52. The average molecular weight is 296 g/mol. The van der Waals surface area contributed by atoms with E-state index in [0.29, 0.717) is 17.7 Å². The molecule has 2 amide bonds. The Morgan fingerprint density at radius 2 is 1.90 bits per heavy atom. The fourth-order valence-corrected chi connectivity index (χ4v) is 2.47. The molecule has 2 N–H and O–H groups in total. The summed E-state index contributed by atoms with van der Waals surface area (Å²) >= 11 is 0. The van der Waals surface area contributed by atoms with E-state index >= 15 is 0 Å². The van der Waals surface area contributed by atoms with Gasteiger partial charge < -0.3 is 15.3 Å². The summed E-state index contributed by atoms with van der Waals surface area (Å²) in [5, 5.41) is 11.4. The first-order valence-electron chi connectivity index (χ1n) is 6.49. The van der Waals surface area contributed by atoms with Crippen LogP contribution < -0.4 is 5.32 Å². The Kier molecular flexibility index (Phi) is 5.64. The summed E-state index contributed by atoms with van der Waals surface area (Å²) in [5.74, 6) is -1.66. The van der Waals surface area contributed by atoms with Gasteiger partial charge in [0.25, 0.3) is 0 Å². The van der Waals surface area contributed by atoms with Crippen LogP contribution in [0.3, 0.4) is 0 Å². The third-order valence-corrected chi connectivity index (χ3v) is 3.50. The molecule has 0 bridgehead atoms. The van der Waals surface area contributed by atoms with Crippen molar-refractivity contribution in [3.63, 3.8) is 0 Å². The summed E-state index contributed by atoms with van der Waals surface area (Å²) in [4.78, 5) is 23.1. The summed E-state index contributed by atoms with van der Waals surface area (Å²) in [7, 11) is 1.05. The van der Waals surface area contributed by atoms with Crippen LogP contribution in [-0.4, -0.2) is 48.3 Å². The molecule has 0 radical (unpaired) electrons. The standard InChI is InChI=1S/C12H19F3N2O3/c1-17(7-12(13,14)15)11(20)16-6-8-4-2-3-5-9(8)10(18)19/h8-9H,2-7H2,1H3,(H,16,20)(H,18,19). The van der Waals surface area contributed by atoms with Crippen LogP contribution in [-0.2, 0) is 4.79 Å². The Hall–Kier alpha value is -1.47. The van der Waals surface area contributed by atoms with E-state index in [1.165, 1.54) is 0 Å². The fourth-order valence-electron chi connectivity index (χ4n) is 2.47. The number of carbonyl (C=O) groups excluding carboxylic acids is 1. The van der Waals surface area contributed by atoms with E-state index < -0.39 is 30.6 Å². The number of hydrogen-bond donors (Lipinski definition) is 2. The highest BCUT2D eigenvalue weighted by molar-refractivity contribution is 5.74. The molecular weight excluding hydrogens is 277 g/mol. The monoisotopic (exact) mass is 296 g/mol. The van der Waals surface area contributed by atoms with E-state index in [0.717, 1.165) is 19.9 Å². The van der Waals surface area contributed by atoms with Gasteiger partial charge in [-0.3, -0.25) is 4.79 Å². The van der Waals surface area contributed by atoms with Gasteiger partial charge >= 0.3 is 18.2 Å². The number of amides is 2. The van der Waals surface area contributed by atoms with Crippen molar-refractivity contribution >= 4 is 12.0 Å². The lowest BCUT2D eigenvalue weighted by molar-refractivity contribution is -0.144. The number of rotatable bonds is 4. The molecule has 1 fully saturated rings. The lowest BCUT2D eigenvalue weighted by Crippen LogP contribution is -2.45. The van der Waals surface area contributed by atoms with Gasteiger partial charge in [-0.25, -0.2) is 4.79 Å². The van der Waals surface area contributed by atoms with E-state index in [-0.39, 0.29) is 12.5 Å². The number of urea groups is 1. The molecule has 2 unspecified atom stereocenters. The molecule has 2 atom stereocenters. The van der Waals surface area contributed by atoms with E-state index in [1.54, 1.807) is 0 Å². The molecule has 0 aliphatic heterocycles. The number of halogens is 3. The second-order valence-corrected chi connectivity index (χ2v) is 5.15. The van der Waals surface area contributed by atoms with Gasteiger partial charge in [0, 0.05) is 13.6 Å². The molecule has 1 aliphatic carbocycles. The molecule has 0 saturated heterocycles. The number of nitrogens with one attached hydrogen (secondary N) is 1. The third kappa shape index (κ3) is 5.26. The van der Waals surface area contributed by atoms with Gasteiger partial charge in [0.2, 0.25) is 0 Å². The molecule has 8 heteroatoms. The number of carbonyl (C=O) groups is 2. The minimum absolute atomic E-state index is 0.0952. The van der Waals surface area contributed by atoms with Crippen molar-refractivity contribution in [2.45, 2.75) is 31.9 Å². The number of alkyl halides is 3. The molecule has 1 rings (SSSR count). The van der Waals surface area contributed by atoms with Gasteiger partial charge in [0.1, 0.15) is 6.54 Å². The van der Waals surface area contributed by atoms with E-state index in [2.05, 4.69) is 5.32 Å². The van der Waals surface area contributed by atoms with Crippen molar-refractivity contribution in [2.24, 2.45) is 11.8 Å². The minimum Gasteiger partial charge on any atom is -0.481 e. The molecule has 0 heterocycles. The smallest absolute Gasteiger partial charge is 0.406 e. The predicted molar refractivity (Wildman–Crippen MR) is 65.2 cm³/mol. The van der Waals surface area contributed by atoms with Gasteiger partial charge in [-0.05, 0) is 18.8 Å². The van der Waals surface area contributed by atoms with Crippen molar-refractivity contribution < 1.29 is 27.9 Å². The fraction of sp³-hybridized carbons (Fsp3) is 0.833. The Morgan fingerprint density at radius 1 is 1.30 bits per heavy atom. The molecule has 0 aromatic heterocycles. The zero-order chi connectivity index (χ0) is 15.3. The topological polar surface area (TPSA) is 69.6 Å². The van der Waals surface area contributed by atoms with Gasteiger partial charge in [0.05, 0.1) is 5.92 Å². The molecular formula is C12H19F3N2O3. The van der Waals surface area contributed by atoms with Crippen LogP contribution in [0, 0.1) is 11.8 Å². The normalized spacial score (nSPS) is 23.2. The number of aliphatic carboxylic acids is 1. The minimum atomic E-state index is -4.44. The highest BCUT2D eigenvalue weighted by atomic mass is 19.4. The van der Waals surface area contributed by atoms with Gasteiger partial charge in [-0.15, -0.1) is 0 Å². The van der Waals surface area contributed by atoms with E-state index in [1.807, 2.05) is 0 Å². The predicted octanol–water partition coefficient (Wildman–Crippen LogP) is 2.08. The SMILES string of the molecule is CN(CC(F)(F)F)C(=O)NCC1CCCCC1C(=O)O. The maximum atomic E-state index is 12.1. The molecule has 116 valence electrons. The first kappa shape index (κ1) is 16.6. The molecule has 1 aliphatic rings. The highest BCUT2D eigenvalue weighted by Gasteiger charge is 2.33. The van der Waals surface area contributed by atoms with Crippen LogP contribution in [0.2, 0.25) is 0 Å². The van der Waals surface area contributed by atoms with E-state index in [4.69, 9.17) is 5.11 Å². The molecule has 0 spiro atoms. The van der Waals surface area contributed by atoms with Crippen LogP contribution in [0.1, 0.15) is 25.7 Å². The number of carboxylic acid groups (broad SMARTS) is 1. The summed E-state index contributed by atoms with van der Waals surface area (Å²) < 4.78 is 36.4. The zero-order valence-electron chi connectivity index (χ0n) is 11.2. The van der Waals surface area contributed by atoms with Gasteiger partial charge in [-0.1, -0.05) is 12.8 Å². The second-order valence-electron chi connectivity index (χ2n) is 5.15. The molecule has 0 aromatic rings. The lowest BCUT2D eigenvalue weighted by atomic mass is 9.79. The Labute approximate surface area is 115 Å². The Bertz CT molecular complexity index is 360. The maximum absolute atomic E-state index is 12.1. The summed E-state index contributed by atoms with van der Waals surface area (Å²) in [6, 6.07) is -0.836. The Morgan fingerprint density at radius 3 is 2.45 bits per heavy atom. The second kappa shape index (κ2) is 6.81. The number of carboxylic acids is 1. The zero-order valence-corrected chi connectivity index (χ0v) is 11.2. The first-order chi connectivity index (χ1) is 9.20. The van der Waals surface area contributed by atoms with Gasteiger partial charge in [-0.2, -0.15) is 13.2 Å². The van der Waals surface area contributed by atoms with Crippen LogP contribution in [0.5, 0.6) is 0 Å². The quantitative estimate of drug-likeness (QED) is 0.834. The highest BCUT2D eigenvalue weighted by Crippen LogP contribution is 2.29. The van der Waals surface area contributed by atoms with Crippen molar-refractivity contribution in [3.8, 4) is 0 Å². The molecule has 20 heavy (non-hydrogen) atoms. The molecule has 0 aromatic carbocycles. The number of hydrogen-bond acceptors (Lipinski definition) is 2. The van der Waals surface area contributed by atoms with Crippen LogP contribution in [0.4, 0.5) is 18.0 Å². The van der Waals surface area contributed by atoms with Gasteiger partial charge in [0.15, 0.2) is 0 Å². The van der Waals surface area contributed by atoms with Crippen LogP contribution in [0.15, 0.2) is 0 Å². The molecule has 5 nitrogen and oxygen atoms in total. The van der Waals surface area contributed by atoms with Crippen molar-refractivity contribution in [1.82, 2.24) is 10.2 Å². The number of nitrogens with zero attached hydrogens (tertiary/aromatic N) is 1. The molecule has 1 saturated carbocycles. The summed E-state index contributed by atoms with van der Waals surface area (Å²) in [6.45, 7) is -1.23. The Balaban J connectivity index is 2.44. The van der Waals surface area contributed by atoms with E-state index in [9.17, 15) is 22.8 Å². The average Bonchev–Trinajstić information content (AvgIpc) is 2.34. The summed E-state index contributed by atoms with van der Waals surface area (Å²) in [5.41, 5.74) is 0. The lowest BCUT2D eigenvalue weighted by Gasteiger charge is -2.29. The maximum Gasteiger partial charge on any atom is 0.406 e. The van der Waals surface area contributed by atoms with Crippen molar-refractivity contribution in [3.05, 3.63) is 0 Å².